The van der Waals surface area contributed by atoms with Crippen LogP contribution in [0, 0.1) is 0 Å². The molecule has 0 bridgehead atoms. The standard InChI is InChI=1S/C71H59BN2OS/c1-68(2,3)42-24-26-43(27-25-42)74-59-37-54-47(48-34-55-56(36-53(48)71(54,8)9)70(6,7)31-30-69(55,4)5)32-49(59)45-28-29-46-50-33-51-44-22-16-17-23-62(44)76-63(51)39-58(50)73-60-35-52-61(38-57(60)72(74)65(45)66(46)73)75-67(41-20-14-11-15-21-41)64(52)40-18-12-10-13-19-40/h10-29,32-39H,30-31H2,1-9H3. The molecule has 0 fully saturated rings. The summed E-state index contributed by atoms with van der Waals surface area (Å²) in [6.07, 6.45) is 2.39. The van der Waals surface area contributed by atoms with Crippen LogP contribution >= 0.6 is 11.3 Å². The molecule has 5 heteroatoms. The highest BCUT2D eigenvalue weighted by Crippen LogP contribution is 2.58. The molecule has 5 heterocycles. The Morgan fingerprint density at radius 1 is 0.513 bits per heavy atom. The van der Waals surface area contributed by atoms with Crippen LogP contribution in [0.4, 0.5) is 11.4 Å². The van der Waals surface area contributed by atoms with E-state index in [-0.39, 0.29) is 28.5 Å². The number of furan rings is 1. The Morgan fingerprint density at radius 2 is 1.18 bits per heavy atom. The van der Waals surface area contributed by atoms with Crippen molar-refractivity contribution in [1.82, 2.24) is 4.57 Å². The molecule has 0 unspecified atom stereocenters. The van der Waals surface area contributed by atoms with Crippen molar-refractivity contribution in [1.29, 1.82) is 0 Å². The highest BCUT2D eigenvalue weighted by Gasteiger charge is 2.48. The lowest BCUT2D eigenvalue weighted by molar-refractivity contribution is 0.331. The van der Waals surface area contributed by atoms with E-state index in [2.05, 4.69) is 242 Å². The van der Waals surface area contributed by atoms with Crippen LogP contribution in [0.15, 0.2) is 174 Å². The second-order valence-electron chi connectivity index (χ2n) is 25.5. The van der Waals surface area contributed by atoms with E-state index in [4.69, 9.17) is 4.42 Å². The number of nitrogens with zero attached hydrogens (tertiary/aromatic N) is 2. The zero-order valence-corrected chi connectivity index (χ0v) is 45.7. The molecule has 0 amide bonds. The van der Waals surface area contributed by atoms with Crippen LogP contribution < -0.4 is 15.7 Å². The van der Waals surface area contributed by atoms with E-state index in [1.165, 1.54) is 133 Å². The van der Waals surface area contributed by atoms with Gasteiger partial charge in [0.15, 0.2) is 0 Å². The van der Waals surface area contributed by atoms with Crippen molar-refractivity contribution in [2.45, 2.75) is 96.8 Å². The summed E-state index contributed by atoms with van der Waals surface area (Å²) < 4.78 is 12.6. The minimum Gasteiger partial charge on any atom is -0.455 e. The number of anilines is 2. The SMILES string of the molecule is CC(C)(C)c1ccc(N2B3c4cc5oc(-c6ccccc6)c(-c6ccccc6)c5cc4-n4c5cc6sc7ccccc7c6cc5c5ccc(c3c54)-c3cc4c(cc32)C(C)(C)c2cc3c(cc2-4)C(C)(C)CCC3(C)C)cc1. The third-order valence-electron chi connectivity index (χ3n) is 18.8. The monoisotopic (exact) mass is 998 g/mol. The molecule has 0 saturated carbocycles. The number of fused-ring (bicyclic) bond motifs is 16. The molecule has 76 heavy (non-hydrogen) atoms. The summed E-state index contributed by atoms with van der Waals surface area (Å²) in [4.78, 5) is 2.72. The van der Waals surface area contributed by atoms with Gasteiger partial charge in [0.1, 0.15) is 11.3 Å². The van der Waals surface area contributed by atoms with E-state index < -0.39 is 0 Å². The van der Waals surface area contributed by atoms with Crippen molar-refractivity contribution >= 4 is 93.4 Å². The molecule has 3 nitrogen and oxygen atoms in total. The Labute approximate surface area is 449 Å². The zero-order valence-electron chi connectivity index (χ0n) is 44.9. The van der Waals surface area contributed by atoms with E-state index in [9.17, 15) is 0 Å². The van der Waals surface area contributed by atoms with Gasteiger partial charge in [-0.05, 0) is 151 Å². The topological polar surface area (TPSA) is 21.3 Å². The molecule has 2 aliphatic carbocycles. The van der Waals surface area contributed by atoms with Crippen molar-refractivity contribution < 1.29 is 4.42 Å². The minimum atomic E-state index is -0.214. The zero-order chi connectivity index (χ0) is 51.5. The Balaban J connectivity index is 1.05. The van der Waals surface area contributed by atoms with E-state index in [1.54, 1.807) is 0 Å². The summed E-state index contributed by atoms with van der Waals surface area (Å²) in [5.74, 6) is 0.895. The first-order chi connectivity index (χ1) is 36.5. The number of thiophene rings is 1. The summed E-state index contributed by atoms with van der Waals surface area (Å²) in [6, 6.07) is 65.3. The van der Waals surface area contributed by atoms with Crippen LogP contribution in [0.2, 0.25) is 0 Å². The average molecular weight is 999 g/mol. The number of benzene rings is 9. The van der Waals surface area contributed by atoms with Crippen LogP contribution in [-0.4, -0.2) is 11.4 Å². The van der Waals surface area contributed by atoms with Crippen molar-refractivity contribution in [3.8, 4) is 50.4 Å². The smallest absolute Gasteiger partial charge is 0.333 e. The molecule has 0 spiro atoms. The van der Waals surface area contributed by atoms with E-state index in [1.807, 2.05) is 11.3 Å². The Morgan fingerprint density at radius 3 is 1.92 bits per heavy atom. The molecule has 368 valence electrons. The minimum absolute atomic E-state index is 0.00525. The molecule has 3 aromatic heterocycles. The average Bonchev–Trinajstić information content (AvgIpc) is 4.30. The maximum Gasteiger partial charge on any atom is 0.333 e. The molecule has 0 saturated heterocycles. The van der Waals surface area contributed by atoms with Gasteiger partial charge in [0.2, 0.25) is 0 Å². The fourth-order valence-electron chi connectivity index (χ4n) is 14.6. The second kappa shape index (κ2) is 14.9. The third-order valence-corrected chi connectivity index (χ3v) is 19.9. The van der Waals surface area contributed by atoms with Crippen molar-refractivity contribution in [2.75, 3.05) is 4.81 Å². The van der Waals surface area contributed by atoms with Gasteiger partial charge in [0.25, 0.3) is 0 Å². The molecule has 2 aliphatic heterocycles. The van der Waals surface area contributed by atoms with Crippen molar-refractivity contribution in [3.63, 3.8) is 0 Å². The van der Waals surface area contributed by atoms with Gasteiger partial charge in [-0.2, -0.15) is 0 Å². The molecule has 16 rings (SSSR count). The molecule has 9 aromatic carbocycles. The maximum atomic E-state index is 7.30. The van der Waals surface area contributed by atoms with Gasteiger partial charge in [-0.1, -0.05) is 172 Å². The lowest BCUT2D eigenvalue weighted by Gasteiger charge is -2.42. The number of aromatic nitrogens is 1. The summed E-state index contributed by atoms with van der Waals surface area (Å²) in [6.45, 7) is 21.6. The van der Waals surface area contributed by atoms with Gasteiger partial charge in [-0.15, -0.1) is 11.3 Å². The fraction of sp³-hybridized carbons (Fsp3) is 0.211. The molecule has 0 N–H and O–H groups in total. The fourth-order valence-corrected chi connectivity index (χ4v) is 15.7. The number of hydrogen-bond donors (Lipinski definition) is 0. The van der Waals surface area contributed by atoms with Crippen LogP contribution in [-0.2, 0) is 21.7 Å². The summed E-state index contributed by atoms with van der Waals surface area (Å²) in [7, 11) is 0. The van der Waals surface area contributed by atoms with E-state index >= 15 is 0 Å². The largest absolute Gasteiger partial charge is 0.455 e. The first-order valence-corrected chi connectivity index (χ1v) is 28.3. The normalized spacial score (nSPS) is 16.4. The van der Waals surface area contributed by atoms with Crippen molar-refractivity contribution in [3.05, 3.63) is 198 Å². The highest BCUT2D eigenvalue weighted by molar-refractivity contribution is 7.25. The Kier molecular flexibility index (Phi) is 8.74. The van der Waals surface area contributed by atoms with Crippen LogP contribution in [0.5, 0.6) is 0 Å². The van der Waals surface area contributed by atoms with Gasteiger partial charge < -0.3 is 13.8 Å². The van der Waals surface area contributed by atoms with Gasteiger partial charge in [-0.3, -0.25) is 0 Å². The highest BCUT2D eigenvalue weighted by atomic mass is 32.1. The van der Waals surface area contributed by atoms with Gasteiger partial charge >= 0.3 is 6.85 Å². The van der Waals surface area contributed by atoms with Crippen molar-refractivity contribution in [2.24, 2.45) is 0 Å². The summed E-state index contributed by atoms with van der Waals surface area (Å²) >= 11 is 1.90. The van der Waals surface area contributed by atoms with Gasteiger partial charge in [0.05, 0.1) is 11.0 Å². The van der Waals surface area contributed by atoms with Crippen LogP contribution in [0.25, 0.3) is 103 Å². The molecule has 12 aromatic rings. The van der Waals surface area contributed by atoms with Gasteiger partial charge in [-0.25, -0.2) is 0 Å². The Hall–Kier alpha value is -7.60. The molecule has 0 radical (unpaired) electrons. The number of rotatable bonds is 3. The van der Waals surface area contributed by atoms with Crippen LogP contribution in [0.3, 0.4) is 0 Å². The summed E-state index contributed by atoms with van der Waals surface area (Å²) in [5.41, 5.74) is 25.6. The molecule has 4 aliphatic rings. The lowest BCUT2D eigenvalue weighted by atomic mass is 9.44. The lowest BCUT2D eigenvalue weighted by Crippen LogP contribution is -2.60. The first-order valence-electron chi connectivity index (χ1n) is 27.5. The third kappa shape index (κ3) is 5.90. The molecular formula is C71H59BN2OS. The predicted octanol–water partition coefficient (Wildman–Crippen LogP) is 18.4. The first kappa shape index (κ1) is 44.7. The van der Waals surface area contributed by atoms with Crippen LogP contribution in [0.1, 0.15) is 103 Å². The van der Waals surface area contributed by atoms with E-state index in [0.29, 0.717) is 0 Å². The summed E-state index contributed by atoms with van der Waals surface area (Å²) in [5, 5.41) is 6.33. The van der Waals surface area contributed by atoms with E-state index in [0.717, 1.165) is 33.4 Å². The molecule has 0 atom stereocenters. The molecular weight excluding hydrogens is 940 g/mol. The quantitative estimate of drug-likeness (QED) is 0.165. The maximum absolute atomic E-state index is 7.30. The Bertz CT molecular complexity index is 4520. The van der Waals surface area contributed by atoms with Gasteiger partial charge in [0, 0.05) is 75.5 Å². The second-order valence-corrected chi connectivity index (χ2v) is 26.6. The number of hydrogen-bond acceptors (Lipinski definition) is 3. The predicted molar refractivity (Wildman–Crippen MR) is 325 cm³/mol.